The van der Waals surface area contributed by atoms with Gasteiger partial charge in [-0.15, -0.1) is 23.5 Å². The van der Waals surface area contributed by atoms with Crippen molar-refractivity contribution < 1.29 is 9.53 Å². The van der Waals surface area contributed by atoms with Gasteiger partial charge >= 0.3 is 0 Å². The van der Waals surface area contributed by atoms with E-state index in [2.05, 4.69) is 0 Å². The highest BCUT2D eigenvalue weighted by atomic mass is 32.2. The third-order valence-electron chi connectivity index (χ3n) is 3.90. The second kappa shape index (κ2) is 7.42. The molecule has 2 aliphatic rings. The van der Waals surface area contributed by atoms with Gasteiger partial charge < -0.3 is 4.74 Å². The second-order valence-corrected chi connectivity index (χ2v) is 7.91. The molecule has 1 heterocycles. The Bertz CT molecular complexity index is 606. The topological polar surface area (TPSA) is 26.3 Å². The number of carbonyl (C=O) groups excluding carboxylic acids is 1. The Labute approximate surface area is 140 Å². The lowest BCUT2D eigenvalue weighted by molar-refractivity contribution is -0.112. The first-order chi connectivity index (χ1) is 10.8. The van der Waals surface area contributed by atoms with Crippen LogP contribution in [0.3, 0.4) is 0 Å². The molecule has 3 rings (SSSR count). The van der Waals surface area contributed by atoms with E-state index in [0.29, 0.717) is 0 Å². The normalized spacial score (nSPS) is 21.3. The minimum Gasteiger partial charge on any atom is -0.497 e. The Morgan fingerprint density at radius 1 is 1.05 bits per heavy atom. The van der Waals surface area contributed by atoms with E-state index in [1.807, 2.05) is 53.9 Å². The summed E-state index contributed by atoms with van der Waals surface area (Å²) in [6, 6.07) is 7.88. The number of hydrogen-bond donors (Lipinski definition) is 0. The van der Waals surface area contributed by atoms with Gasteiger partial charge in [0.2, 0.25) is 0 Å². The van der Waals surface area contributed by atoms with E-state index in [1.165, 1.54) is 10.7 Å². The molecule has 1 saturated heterocycles. The number of hydrogen-bond acceptors (Lipinski definition) is 4. The zero-order valence-electron chi connectivity index (χ0n) is 12.8. The van der Waals surface area contributed by atoms with Crippen LogP contribution in [0, 0.1) is 0 Å². The summed E-state index contributed by atoms with van der Waals surface area (Å²) in [5.74, 6) is 3.40. The first kappa shape index (κ1) is 15.8. The van der Waals surface area contributed by atoms with Crippen molar-refractivity contribution >= 4 is 35.4 Å². The summed E-state index contributed by atoms with van der Waals surface area (Å²) in [5.41, 5.74) is 3.07. The van der Waals surface area contributed by atoms with E-state index in [-0.39, 0.29) is 5.78 Å². The molecular formula is C18H20O2S2. The Morgan fingerprint density at radius 2 is 1.77 bits per heavy atom. The van der Waals surface area contributed by atoms with Crippen LogP contribution in [0.4, 0.5) is 0 Å². The average Bonchev–Trinajstić information content (AvgIpc) is 2.58. The number of methoxy groups -OCH3 is 1. The number of Topliss-reactive ketones (excluding diaryl/α,β-unsaturated/α-hetero) is 1. The van der Waals surface area contributed by atoms with Gasteiger partial charge in [0.25, 0.3) is 0 Å². The van der Waals surface area contributed by atoms with Crippen LogP contribution in [-0.4, -0.2) is 24.4 Å². The van der Waals surface area contributed by atoms with Crippen molar-refractivity contribution in [1.82, 2.24) is 0 Å². The summed E-state index contributed by atoms with van der Waals surface area (Å²) >= 11 is 3.73. The molecule has 0 radical (unpaired) electrons. The van der Waals surface area contributed by atoms with Crippen LogP contribution in [0.15, 0.2) is 39.6 Å². The molecule has 0 bridgehead atoms. The molecule has 0 amide bonds. The molecule has 1 aliphatic heterocycles. The van der Waals surface area contributed by atoms with Gasteiger partial charge in [-0.3, -0.25) is 4.79 Å². The maximum atomic E-state index is 12.8. The highest BCUT2D eigenvalue weighted by Crippen LogP contribution is 2.41. The maximum absolute atomic E-state index is 12.8. The first-order valence-corrected chi connectivity index (χ1v) is 9.63. The number of ether oxygens (including phenoxy) is 1. The summed E-state index contributed by atoms with van der Waals surface area (Å²) in [7, 11) is 1.66. The molecule has 1 aromatic rings. The average molecular weight is 332 g/mol. The summed E-state index contributed by atoms with van der Waals surface area (Å²) in [6.07, 6.45) is 6.19. The SMILES string of the molecule is COc1ccc(/C=C2\CCCC(=C3SCCCS3)C2=O)cc1. The molecule has 22 heavy (non-hydrogen) atoms. The van der Waals surface area contributed by atoms with Gasteiger partial charge in [-0.2, -0.15) is 0 Å². The lowest BCUT2D eigenvalue weighted by Crippen LogP contribution is -2.14. The highest BCUT2D eigenvalue weighted by Gasteiger charge is 2.25. The van der Waals surface area contributed by atoms with E-state index < -0.39 is 0 Å². The Kier molecular flexibility index (Phi) is 5.32. The third-order valence-corrected chi connectivity index (χ3v) is 6.61. The van der Waals surface area contributed by atoms with Crippen molar-refractivity contribution in [1.29, 1.82) is 0 Å². The van der Waals surface area contributed by atoms with E-state index >= 15 is 0 Å². The van der Waals surface area contributed by atoms with Crippen molar-refractivity contribution in [3.05, 3.63) is 45.2 Å². The van der Waals surface area contributed by atoms with Crippen molar-refractivity contribution in [2.24, 2.45) is 0 Å². The summed E-state index contributed by atoms with van der Waals surface area (Å²) in [5, 5.41) is 0. The summed E-state index contributed by atoms with van der Waals surface area (Å²) < 4.78 is 6.45. The molecule has 0 aromatic heterocycles. The van der Waals surface area contributed by atoms with Crippen LogP contribution in [0.2, 0.25) is 0 Å². The van der Waals surface area contributed by atoms with Crippen LogP contribution in [0.1, 0.15) is 31.2 Å². The van der Waals surface area contributed by atoms with Crippen molar-refractivity contribution in [3.8, 4) is 5.75 Å². The molecular weight excluding hydrogens is 312 g/mol. The number of ketones is 1. The van der Waals surface area contributed by atoms with Gasteiger partial charge in [-0.1, -0.05) is 12.1 Å². The van der Waals surface area contributed by atoms with Crippen LogP contribution < -0.4 is 4.74 Å². The lowest BCUT2D eigenvalue weighted by atomic mass is 9.88. The van der Waals surface area contributed by atoms with E-state index in [9.17, 15) is 4.79 Å². The summed E-state index contributed by atoms with van der Waals surface area (Å²) in [6.45, 7) is 0. The van der Waals surface area contributed by atoms with Crippen molar-refractivity contribution in [2.75, 3.05) is 18.6 Å². The monoisotopic (exact) mass is 332 g/mol. The van der Waals surface area contributed by atoms with Gasteiger partial charge in [-0.05, 0) is 61.0 Å². The number of benzene rings is 1. The van der Waals surface area contributed by atoms with E-state index in [0.717, 1.165) is 53.2 Å². The van der Waals surface area contributed by atoms with Crippen LogP contribution in [-0.2, 0) is 4.79 Å². The fourth-order valence-electron chi connectivity index (χ4n) is 2.71. The molecule has 4 heteroatoms. The zero-order chi connectivity index (χ0) is 15.4. The van der Waals surface area contributed by atoms with Gasteiger partial charge in [-0.25, -0.2) is 0 Å². The maximum Gasteiger partial charge on any atom is 0.186 e. The van der Waals surface area contributed by atoms with Gasteiger partial charge in [0.05, 0.1) is 7.11 Å². The standard InChI is InChI=1S/C18H20O2S2/c1-20-15-8-6-13(7-9-15)12-14-4-2-5-16(17(14)19)18-21-10-3-11-22-18/h6-9,12H,2-5,10-11H2,1H3/b14-12+. The fourth-order valence-corrected chi connectivity index (χ4v) is 5.42. The molecule has 2 fully saturated rings. The third kappa shape index (κ3) is 3.61. The van der Waals surface area contributed by atoms with Gasteiger partial charge in [0, 0.05) is 15.4 Å². The number of carbonyl (C=O) groups is 1. The van der Waals surface area contributed by atoms with E-state index in [1.54, 1.807) is 7.11 Å². The van der Waals surface area contributed by atoms with E-state index in [4.69, 9.17) is 4.74 Å². The Morgan fingerprint density at radius 3 is 2.45 bits per heavy atom. The Hall–Kier alpha value is -1.13. The number of rotatable bonds is 2. The molecule has 2 nitrogen and oxygen atoms in total. The summed E-state index contributed by atoms with van der Waals surface area (Å²) in [4.78, 5) is 12.8. The fraction of sp³-hybridized carbons (Fsp3) is 0.389. The highest BCUT2D eigenvalue weighted by molar-refractivity contribution is 8.22. The lowest BCUT2D eigenvalue weighted by Gasteiger charge is -2.22. The quantitative estimate of drug-likeness (QED) is 0.719. The van der Waals surface area contributed by atoms with Gasteiger partial charge in [0.1, 0.15) is 5.75 Å². The van der Waals surface area contributed by atoms with Crippen LogP contribution >= 0.6 is 23.5 Å². The number of thioether (sulfide) groups is 2. The second-order valence-electron chi connectivity index (χ2n) is 5.44. The molecule has 116 valence electrons. The zero-order valence-corrected chi connectivity index (χ0v) is 14.4. The number of allylic oxidation sites excluding steroid dienone is 2. The minimum absolute atomic E-state index is 0.263. The largest absolute Gasteiger partial charge is 0.497 e. The van der Waals surface area contributed by atoms with Gasteiger partial charge in [0.15, 0.2) is 5.78 Å². The molecule has 1 saturated carbocycles. The molecule has 0 unspecified atom stereocenters. The first-order valence-electron chi connectivity index (χ1n) is 7.66. The minimum atomic E-state index is 0.263. The van der Waals surface area contributed by atoms with Crippen molar-refractivity contribution in [3.63, 3.8) is 0 Å². The molecule has 0 N–H and O–H groups in total. The predicted octanol–water partition coefficient (Wildman–Crippen LogP) is 4.91. The molecule has 0 spiro atoms. The molecule has 1 aromatic carbocycles. The smallest absolute Gasteiger partial charge is 0.186 e. The molecule has 0 atom stereocenters. The van der Waals surface area contributed by atoms with Crippen LogP contribution in [0.5, 0.6) is 5.75 Å². The molecule has 1 aliphatic carbocycles. The Balaban J connectivity index is 1.83. The van der Waals surface area contributed by atoms with Crippen LogP contribution in [0.25, 0.3) is 6.08 Å². The van der Waals surface area contributed by atoms with Crippen molar-refractivity contribution in [2.45, 2.75) is 25.7 Å². The predicted molar refractivity (Wildman–Crippen MR) is 96.4 cm³/mol.